The zero-order valence-electron chi connectivity index (χ0n) is 22.0. The van der Waals surface area contributed by atoms with E-state index in [1.54, 1.807) is 12.3 Å². The van der Waals surface area contributed by atoms with Gasteiger partial charge in [-0.3, -0.25) is 9.88 Å². The molecule has 1 unspecified atom stereocenters. The topological polar surface area (TPSA) is 82.6 Å². The van der Waals surface area contributed by atoms with Crippen LogP contribution in [0.4, 0.5) is 5.82 Å². The summed E-state index contributed by atoms with van der Waals surface area (Å²) in [6.07, 6.45) is 6.67. The highest BCUT2D eigenvalue weighted by atomic mass is 35.5. The van der Waals surface area contributed by atoms with E-state index in [0.29, 0.717) is 21.5 Å². The van der Waals surface area contributed by atoms with E-state index in [9.17, 15) is 0 Å². The monoisotopic (exact) mass is 597 g/mol. The maximum Gasteiger partial charge on any atom is 0.155 e. The Morgan fingerprint density at radius 1 is 1.05 bits per heavy atom. The Bertz CT molecular complexity index is 1510. The predicted molar refractivity (Wildman–Crippen MR) is 159 cm³/mol. The number of pyridine rings is 1. The number of hydrogen-bond donors (Lipinski definition) is 0. The maximum absolute atomic E-state index is 9.09. The second-order valence-corrected chi connectivity index (χ2v) is 11.1. The van der Waals surface area contributed by atoms with Crippen molar-refractivity contribution in [2.24, 2.45) is 5.92 Å². The predicted octanol–water partition coefficient (Wildman–Crippen LogP) is 5.68. The molecule has 5 heterocycles. The van der Waals surface area contributed by atoms with Crippen molar-refractivity contribution in [2.75, 3.05) is 44.3 Å². The van der Waals surface area contributed by atoms with Crippen LogP contribution in [-0.2, 0) is 17.7 Å². The smallest absolute Gasteiger partial charge is 0.155 e. The molecule has 0 spiro atoms. The average Bonchev–Trinajstić information content (AvgIpc) is 3.36. The molecule has 0 bridgehead atoms. The Hall–Kier alpha value is -2.93. The highest BCUT2D eigenvalue weighted by Crippen LogP contribution is 2.34. The summed E-state index contributed by atoms with van der Waals surface area (Å²) in [6, 6.07) is 13.6. The van der Waals surface area contributed by atoms with E-state index in [4.69, 9.17) is 43.3 Å². The molecule has 4 aromatic rings. The number of hydrogen-bond acceptors (Lipinski definition) is 7. The molecule has 1 aromatic carbocycles. The van der Waals surface area contributed by atoms with Crippen molar-refractivity contribution in [3.05, 3.63) is 75.8 Å². The van der Waals surface area contributed by atoms with Crippen LogP contribution in [0.2, 0.25) is 10.0 Å². The van der Waals surface area contributed by atoms with E-state index in [1.165, 1.54) is 0 Å². The quantitative estimate of drug-likeness (QED) is 0.282. The Labute approximate surface area is 249 Å². The molecule has 11 heteroatoms. The summed E-state index contributed by atoms with van der Waals surface area (Å²) in [5.41, 5.74) is 5.18. The summed E-state index contributed by atoms with van der Waals surface area (Å²) in [4.78, 5) is 14.4. The molecule has 3 aromatic heterocycles. The molecule has 208 valence electrons. The standard InChI is InChI=1S/C29H29Cl2N7O.ClH/c30-22-4-6-25(26(31)13-22)27-19-38-28(14-24(35-38)18-36-8-10-39-11-9-36)29(34-27)37-7-1-2-20(17-37)12-23-5-3-21(15-32)16-33-23;/h3-6,13-14,16,19-20H,1-2,7-12,17-18H2;1H. The third kappa shape index (κ3) is 6.35. The molecule has 0 N–H and O–H groups in total. The molecule has 2 aliphatic rings. The van der Waals surface area contributed by atoms with Gasteiger partial charge < -0.3 is 9.64 Å². The zero-order valence-corrected chi connectivity index (χ0v) is 24.3. The van der Waals surface area contributed by atoms with Crippen LogP contribution in [-0.4, -0.2) is 63.9 Å². The minimum atomic E-state index is 0. The van der Waals surface area contributed by atoms with Gasteiger partial charge in [0.15, 0.2) is 5.82 Å². The molecule has 2 fully saturated rings. The van der Waals surface area contributed by atoms with Crippen molar-refractivity contribution < 1.29 is 4.74 Å². The van der Waals surface area contributed by atoms with Gasteiger partial charge in [0.25, 0.3) is 0 Å². The molecule has 40 heavy (non-hydrogen) atoms. The SMILES string of the molecule is Cl.N#Cc1ccc(CC2CCCN(c3nc(-c4ccc(Cl)cc4Cl)cn4nc(CN5CCOCC5)cc34)C2)nc1. The average molecular weight is 599 g/mol. The highest BCUT2D eigenvalue weighted by Gasteiger charge is 2.25. The van der Waals surface area contributed by atoms with Gasteiger partial charge in [0.1, 0.15) is 11.6 Å². The normalized spacial score (nSPS) is 17.9. The van der Waals surface area contributed by atoms with E-state index in [2.05, 4.69) is 26.9 Å². The number of anilines is 1. The van der Waals surface area contributed by atoms with E-state index in [-0.39, 0.29) is 12.4 Å². The van der Waals surface area contributed by atoms with Gasteiger partial charge in [0.2, 0.25) is 0 Å². The lowest BCUT2D eigenvalue weighted by Gasteiger charge is -2.34. The molecule has 6 rings (SSSR count). The van der Waals surface area contributed by atoms with E-state index >= 15 is 0 Å². The number of benzene rings is 1. The summed E-state index contributed by atoms with van der Waals surface area (Å²) in [6.45, 7) is 5.87. The van der Waals surface area contributed by atoms with Crippen molar-refractivity contribution in [1.82, 2.24) is 24.5 Å². The minimum absolute atomic E-state index is 0. The number of fused-ring (bicyclic) bond motifs is 1. The fraction of sp³-hybridized carbons (Fsp3) is 0.379. The fourth-order valence-corrected chi connectivity index (χ4v) is 5.99. The molecule has 0 radical (unpaired) electrons. The number of aromatic nitrogens is 4. The largest absolute Gasteiger partial charge is 0.379 e. The van der Waals surface area contributed by atoms with Crippen molar-refractivity contribution in [1.29, 1.82) is 5.26 Å². The summed E-state index contributed by atoms with van der Waals surface area (Å²) < 4.78 is 7.47. The van der Waals surface area contributed by atoms with Crippen LogP contribution in [0.5, 0.6) is 0 Å². The molecular weight excluding hydrogens is 569 g/mol. The first kappa shape index (κ1) is 28.6. The number of halogens is 3. The van der Waals surface area contributed by atoms with Gasteiger partial charge >= 0.3 is 0 Å². The lowest BCUT2D eigenvalue weighted by Crippen LogP contribution is -2.37. The van der Waals surface area contributed by atoms with Crippen LogP contribution in [0.1, 0.15) is 29.8 Å². The first-order valence-electron chi connectivity index (χ1n) is 13.3. The Morgan fingerprint density at radius 3 is 2.65 bits per heavy atom. The van der Waals surface area contributed by atoms with E-state index in [0.717, 1.165) is 99.2 Å². The van der Waals surface area contributed by atoms with Gasteiger partial charge in [-0.15, -0.1) is 12.4 Å². The zero-order chi connectivity index (χ0) is 26.8. The number of nitriles is 1. The first-order chi connectivity index (χ1) is 19.1. The number of nitrogens with zero attached hydrogens (tertiary/aromatic N) is 7. The third-order valence-corrected chi connectivity index (χ3v) is 8.00. The van der Waals surface area contributed by atoms with Crippen molar-refractivity contribution in [3.63, 3.8) is 0 Å². The first-order valence-corrected chi connectivity index (χ1v) is 14.1. The second kappa shape index (κ2) is 12.7. The number of piperidine rings is 1. The van der Waals surface area contributed by atoms with E-state index in [1.807, 2.05) is 35.0 Å². The summed E-state index contributed by atoms with van der Waals surface area (Å²) in [7, 11) is 0. The third-order valence-electron chi connectivity index (χ3n) is 7.45. The molecule has 0 aliphatic carbocycles. The number of rotatable bonds is 6. The van der Waals surface area contributed by atoms with Crippen LogP contribution in [0.3, 0.4) is 0 Å². The van der Waals surface area contributed by atoms with Gasteiger partial charge in [-0.25, -0.2) is 9.50 Å². The Kier molecular flexibility index (Phi) is 9.09. The fourth-order valence-electron chi connectivity index (χ4n) is 5.48. The lowest BCUT2D eigenvalue weighted by molar-refractivity contribution is 0.0336. The van der Waals surface area contributed by atoms with Crippen molar-refractivity contribution >= 4 is 46.9 Å². The molecular formula is C29H30Cl3N7O. The number of morpholine rings is 1. The molecule has 1 atom stereocenters. The van der Waals surface area contributed by atoms with E-state index < -0.39 is 0 Å². The van der Waals surface area contributed by atoms with Crippen LogP contribution < -0.4 is 4.90 Å². The Morgan fingerprint density at radius 2 is 1.90 bits per heavy atom. The van der Waals surface area contributed by atoms with Gasteiger partial charge in [0, 0.05) is 55.2 Å². The lowest BCUT2D eigenvalue weighted by atomic mass is 9.93. The van der Waals surface area contributed by atoms with Crippen LogP contribution in [0.25, 0.3) is 16.8 Å². The Balaban J connectivity index is 0.00000323. The van der Waals surface area contributed by atoms with Crippen LogP contribution in [0.15, 0.2) is 48.8 Å². The maximum atomic E-state index is 9.09. The summed E-state index contributed by atoms with van der Waals surface area (Å²) in [5, 5.41) is 15.2. The van der Waals surface area contributed by atoms with Gasteiger partial charge in [-0.1, -0.05) is 23.2 Å². The summed E-state index contributed by atoms with van der Waals surface area (Å²) >= 11 is 12.8. The van der Waals surface area contributed by atoms with Crippen LogP contribution >= 0.6 is 35.6 Å². The number of ether oxygens (including phenoxy) is 1. The van der Waals surface area contributed by atoms with Crippen molar-refractivity contribution in [3.8, 4) is 17.3 Å². The van der Waals surface area contributed by atoms with Gasteiger partial charge in [0.05, 0.1) is 41.4 Å². The molecule has 8 nitrogen and oxygen atoms in total. The molecule has 2 aliphatic heterocycles. The van der Waals surface area contributed by atoms with Gasteiger partial charge in [-0.2, -0.15) is 10.4 Å². The second-order valence-electron chi connectivity index (χ2n) is 10.2. The van der Waals surface area contributed by atoms with Crippen molar-refractivity contribution in [2.45, 2.75) is 25.8 Å². The molecule has 0 saturated carbocycles. The van der Waals surface area contributed by atoms with Gasteiger partial charge in [-0.05, 0) is 61.6 Å². The summed E-state index contributed by atoms with van der Waals surface area (Å²) in [5.74, 6) is 1.34. The molecule has 2 saturated heterocycles. The van der Waals surface area contributed by atoms with Crippen LogP contribution in [0, 0.1) is 17.2 Å². The minimum Gasteiger partial charge on any atom is -0.379 e. The molecule has 0 amide bonds. The highest BCUT2D eigenvalue weighted by molar-refractivity contribution is 6.36.